The van der Waals surface area contributed by atoms with Crippen molar-refractivity contribution in [1.82, 2.24) is 9.97 Å². The molecule has 8 heteroatoms. The van der Waals surface area contributed by atoms with Crippen LogP contribution < -0.4 is 15.4 Å². The van der Waals surface area contributed by atoms with E-state index in [0.29, 0.717) is 19.6 Å². The van der Waals surface area contributed by atoms with E-state index in [-0.39, 0.29) is 17.4 Å². The Hall–Kier alpha value is -2.35. The van der Waals surface area contributed by atoms with Gasteiger partial charge in [-0.25, -0.2) is 9.97 Å². The zero-order valence-corrected chi connectivity index (χ0v) is 12.9. The molecule has 5 nitrogen and oxygen atoms in total. The quantitative estimate of drug-likeness (QED) is 0.926. The Kier molecular flexibility index (Phi) is 4.57. The minimum absolute atomic E-state index is 0.201. The second-order valence-corrected chi connectivity index (χ2v) is 5.52. The molecule has 1 aliphatic heterocycles. The van der Waals surface area contributed by atoms with Gasteiger partial charge in [0, 0.05) is 31.9 Å². The topological polar surface area (TPSA) is 64.3 Å². The number of aromatic nitrogens is 2. The lowest BCUT2D eigenvalue weighted by Crippen LogP contribution is -2.21. The van der Waals surface area contributed by atoms with Gasteiger partial charge in [0.1, 0.15) is 5.69 Å². The van der Waals surface area contributed by atoms with Gasteiger partial charge in [-0.3, -0.25) is 0 Å². The highest BCUT2D eigenvalue weighted by molar-refractivity contribution is 5.55. The first-order chi connectivity index (χ1) is 11.5. The molecule has 0 saturated carbocycles. The molecule has 3 rings (SSSR count). The van der Waals surface area contributed by atoms with Crippen LogP contribution in [0.5, 0.6) is 11.6 Å². The molecule has 0 aliphatic carbocycles. The number of nitrogens with zero attached hydrogens (tertiary/aromatic N) is 3. The second-order valence-electron chi connectivity index (χ2n) is 5.52. The van der Waals surface area contributed by atoms with Gasteiger partial charge in [0.2, 0.25) is 5.88 Å². The van der Waals surface area contributed by atoms with Gasteiger partial charge >= 0.3 is 6.18 Å². The molecule has 128 valence electrons. The summed E-state index contributed by atoms with van der Waals surface area (Å²) in [5.41, 5.74) is 5.43. The van der Waals surface area contributed by atoms with Crippen LogP contribution in [0.3, 0.4) is 0 Å². The first kappa shape index (κ1) is 16.5. The summed E-state index contributed by atoms with van der Waals surface area (Å²) < 4.78 is 44.5. The molecule has 2 N–H and O–H groups in total. The van der Waals surface area contributed by atoms with E-state index in [1.54, 1.807) is 23.2 Å². The molecule has 0 amide bonds. The van der Waals surface area contributed by atoms with Crippen LogP contribution in [-0.4, -0.2) is 23.1 Å². The zero-order valence-electron chi connectivity index (χ0n) is 12.9. The molecule has 0 radical (unpaired) electrons. The van der Waals surface area contributed by atoms with E-state index in [0.717, 1.165) is 24.5 Å². The highest BCUT2D eigenvalue weighted by Gasteiger charge is 2.34. The first-order valence-corrected chi connectivity index (χ1v) is 7.63. The monoisotopic (exact) mass is 338 g/mol. The third kappa shape index (κ3) is 3.59. The van der Waals surface area contributed by atoms with Crippen LogP contribution in [-0.2, 0) is 12.7 Å². The zero-order chi connectivity index (χ0) is 17.2. The number of pyridine rings is 2. The van der Waals surface area contributed by atoms with E-state index in [1.165, 1.54) is 6.07 Å². The average Bonchev–Trinajstić information content (AvgIpc) is 3.09. The number of halogens is 3. The predicted molar refractivity (Wildman–Crippen MR) is 82.9 cm³/mol. The lowest BCUT2D eigenvalue weighted by Gasteiger charge is -2.21. The smallest absolute Gasteiger partial charge is 0.433 e. The lowest BCUT2D eigenvalue weighted by atomic mass is 10.3. The Labute approximate surface area is 137 Å². The van der Waals surface area contributed by atoms with Crippen LogP contribution in [0.15, 0.2) is 30.5 Å². The number of anilines is 1. The van der Waals surface area contributed by atoms with Crippen molar-refractivity contribution in [3.05, 3.63) is 41.7 Å². The number of hydrogen-bond donors (Lipinski definition) is 1. The average molecular weight is 338 g/mol. The van der Waals surface area contributed by atoms with Gasteiger partial charge < -0.3 is 15.4 Å². The van der Waals surface area contributed by atoms with Crippen molar-refractivity contribution in [3.63, 3.8) is 0 Å². The third-order valence-corrected chi connectivity index (χ3v) is 3.78. The molecule has 1 saturated heterocycles. The Balaban J connectivity index is 1.92. The molecule has 3 heterocycles. The van der Waals surface area contributed by atoms with Crippen molar-refractivity contribution in [2.75, 3.05) is 18.0 Å². The fraction of sp³-hybridized carbons (Fsp3) is 0.375. The Bertz CT molecular complexity index is 697. The SMILES string of the molecule is NCc1ccc(Oc2ccc(C(F)(F)F)nc2N2CCCC2)nc1. The first-order valence-electron chi connectivity index (χ1n) is 7.63. The van der Waals surface area contributed by atoms with E-state index in [4.69, 9.17) is 10.5 Å². The molecular formula is C16H17F3N4O. The summed E-state index contributed by atoms with van der Waals surface area (Å²) in [5, 5.41) is 0. The number of alkyl halides is 3. The molecule has 24 heavy (non-hydrogen) atoms. The molecule has 2 aromatic rings. The molecule has 0 spiro atoms. The summed E-state index contributed by atoms with van der Waals surface area (Å²) in [4.78, 5) is 9.70. The van der Waals surface area contributed by atoms with Gasteiger partial charge in [-0.2, -0.15) is 13.2 Å². The lowest BCUT2D eigenvalue weighted by molar-refractivity contribution is -0.141. The van der Waals surface area contributed by atoms with Gasteiger partial charge in [0.05, 0.1) is 0 Å². The number of rotatable bonds is 4. The van der Waals surface area contributed by atoms with E-state index in [1.807, 2.05) is 0 Å². The molecule has 0 aromatic carbocycles. The van der Waals surface area contributed by atoms with E-state index in [2.05, 4.69) is 9.97 Å². The van der Waals surface area contributed by atoms with Crippen LogP contribution in [0.25, 0.3) is 0 Å². The molecule has 0 unspecified atom stereocenters. The van der Waals surface area contributed by atoms with Crippen molar-refractivity contribution >= 4 is 5.82 Å². The molecule has 1 aliphatic rings. The largest absolute Gasteiger partial charge is 0.435 e. The van der Waals surface area contributed by atoms with Crippen molar-refractivity contribution in [2.24, 2.45) is 5.73 Å². The van der Waals surface area contributed by atoms with E-state index >= 15 is 0 Å². The molecule has 2 aromatic heterocycles. The summed E-state index contributed by atoms with van der Waals surface area (Å²) in [6.45, 7) is 1.67. The summed E-state index contributed by atoms with van der Waals surface area (Å²) in [5.74, 6) is 0.749. The van der Waals surface area contributed by atoms with E-state index in [9.17, 15) is 13.2 Å². The van der Waals surface area contributed by atoms with Crippen LogP contribution in [0.1, 0.15) is 24.1 Å². The Morgan fingerprint density at radius 3 is 2.46 bits per heavy atom. The number of hydrogen-bond acceptors (Lipinski definition) is 5. The van der Waals surface area contributed by atoms with Gasteiger partial charge in [-0.05, 0) is 30.5 Å². The standard InChI is InChI=1S/C16H17F3N4O/c17-16(18,19)13-5-4-12(15(22-13)23-7-1-2-8-23)24-14-6-3-11(9-20)10-21-14/h3-6,10H,1-2,7-9,20H2. The molecule has 0 bridgehead atoms. The summed E-state index contributed by atoms with van der Waals surface area (Å²) in [7, 11) is 0. The number of ether oxygens (including phenoxy) is 1. The highest BCUT2D eigenvalue weighted by atomic mass is 19.4. The second kappa shape index (κ2) is 6.64. The van der Waals surface area contributed by atoms with E-state index < -0.39 is 11.9 Å². The van der Waals surface area contributed by atoms with Crippen molar-refractivity contribution in [3.8, 4) is 11.6 Å². The summed E-state index contributed by atoms with van der Waals surface area (Å²) in [6.07, 6.45) is -1.09. The molecular weight excluding hydrogens is 321 g/mol. The fourth-order valence-electron chi connectivity index (χ4n) is 2.53. The molecule has 0 atom stereocenters. The summed E-state index contributed by atoms with van der Waals surface area (Å²) >= 11 is 0. The van der Waals surface area contributed by atoms with Crippen molar-refractivity contribution < 1.29 is 17.9 Å². The van der Waals surface area contributed by atoms with Crippen LogP contribution in [0.2, 0.25) is 0 Å². The highest BCUT2D eigenvalue weighted by Crippen LogP contribution is 2.36. The third-order valence-electron chi connectivity index (χ3n) is 3.78. The molecule has 1 fully saturated rings. The van der Waals surface area contributed by atoms with Crippen LogP contribution >= 0.6 is 0 Å². The summed E-state index contributed by atoms with van der Waals surface area (Å²) in [6, 6.07) is 5.61. The van der Waals surface area contributed by atoms with Crippen molar-refractivity contribution in [1.29, 1.82) is 0 Å². The minimum Gasteiger partial charge on any atom is -0.435 e. The van der Waals surface area contributed by atoms with Gasteiger partial charge in [-0.15, -0.1) is 0 Å². The normalized spacial score (nSPS) is 14.9. The maximum absolute atomic E-state index is 13.0. The van der Waals surface area contributed by atoms with Gasteiger partial charge in [-0.1, -0.05) is 6.07 Å². The number of nitrogens with two attached hydrogens (primary N) is 1. The predicted octanol–water partition coefficient (Wildman–Crippen LogP) is 3.35. The van der Waals surface area contributed by atoms with Gasteiger partial charge in [0.15, 0.2) is 11.6 Å². The maximum Gasteiger partial charge on any atom is 0.433 e. The van der Waals surface area contributed by atoms with Gasteiger partial charge in [0.25, 0.3) is 0 Å². The Morgan fingerprint density at radius 1 is 1.12 bits per heavy atom. The van der Waals surface area contributed by atoms with Crippen LogP contribution in [0, 0.1) is 0 Å². The maximum atomic E-state index is 13.0. The van der Waals surface area contributed by atoms with Crippen LogP contribution in [0.4, 0.5) is 19.0 Å². The van der Waals surface area contributed by atoms with Crippen molar-refractivity contribution in [2.45, 2.75) is 25.6 Å². The Morgan fingerprint density at radius 2 is 1.88 bits per heavy atom. The fourth-order valence-corrected chi connectivity index (χ4v) is 2.53. The minimum atomic E-state index is -4.49.